The third-order valence-electron chi connectivity index (χ3n) is 4.96. The van der Waals surface area contributed by atoms with Gasteiger partial charge in [0.2, 0.25) is 5.91 Å². The molecule has 1 N–H and O–H groups in total. The number of benzene rings is 1. The maximum Gasteiger partial charge on any atom is 0.220 e. The summed E-state index contributed by atoms with van der Waals surface area (Å²) >= 11 is 0. The van der Waals surface area contributed by atoms with Crippen molar-refractivity contribution in [3.8, 4) is 0 Å². The van der Waals surface area contributed by atoms with Crippen LogP contribution in [0.1, 0.15) is 76.7 Å². The Labute approximate surface area is 147 Å². The lowest BCUT2D eigenvalue weighted by Gasteiger charge is -2.20. The standard InChI is InChI=1S/C22H33NO/c1-2-3-6-15-21(16-19-11-7-4-8-12-19)17-22(24)23-18-20-13-9-5-10-14-20/h5,9-11,13-14,21H,2-4,6-8,12,15-18H2,1H3,(H,23,24). The lowest BCUT2D eigenvalue weighted by atomic mass is 9.86. The average molecular weight is 328 g/mol. The summed E-state index contributed by atoms with van der Waals surface area (Å²) in [6.07, 6.45) is 14.3. The van der Waals surface area contributed by atoms with Crippen LogP contribution in [-0.2, 0) is 11.3 Å². The zero-order valence-electron chi connectivity index (χ0n) is 15.2. The van der Waals surface area contributed by atoms with E-state index in [1.54, 1.807) is 5.57 Å². The molecule has 1 unspecified atom stereocenters. The molecular formula is C22H33NO. The van der Waals surface area contributed by atoms with Gasteiger partial charge in [-0.2, -0.15) is 0 Å². The maximum absolute atomic E-state index is 12.4. The van der Waals surface area contributed by atoms with Crippen LogP contribution in [0.15, 0.2) is 42.0 Å². The van der Waals surface area contributed by atoms with E-state index in [4.69, 9.17) is 0 Å². The van der Waals surface area contributed by atoms with Crippen molar-refractivity contribution in [3.05, 3.63) is 47.5 Å². The van der Waals surface area contributed by atoms with E-state index < -0.39 is 0 Å². The third kappa shape index (κ3) is 7.33. The van der Waals surface area contributed by atoms with Gasteiger partial charge < -0.3 is 5.32 Å². The van der Waals surface area contributed by atoms with E-state index in [0.29, 0.717) is 18.9 Å². The minimum Gasteiger partial charge on any atom is -0.352 e. The molecule has 0 bridgehead atoms. The highest BCUT2D eigenvalue weighted by Crippen LogP contribution is 2.28. The number of hydrogen-bond acceptors (Lipinski definition) is 1. The Morgan fingerprint density at radius 1 is 1.17 bits per heavy atom. The van der Waals surface area contributed by atoms with Gasteiger partial charge in [-0.05, 0) is 50.0 Å². The number of amides is 1. The minimum absolute atomic E-state index is 0.205. The molecule has 2 nitrogen and oxygen atoms in total. The van der Waals surface area contributed by atoms with Crippen LogP contribution in [0.3, 0.4) is 0 Å². The van der Waals surface area contributed by atoms with Crippen molar-refractivity contribution in [2.75, 3.05) is 0 Å². The molecule has 1 atom stereocenters. The summed E-state index contributed by atoms with van der Waals surface area (Å²) in [5.74, 6) is 0.716. The first kappa shape index (κ1) is 18.8. The highest BCUT2D eigenvalue weighted by Gasteiger charge is 2.16. The molecular weight excluding hydrogens is 294 g/mol. The fourth-order valence-corrected chi connectivity index (χ4v) is 3.55. The van der Waals surface area contributed by atoms with Gasteiger partial charge in [-0.25, -0.2) is 0 Å². The largest absolute Gasteiger partial charge is 0.352 e. The highest BCUT2D eigenvalue weighted by molar-refractivity contribution is 5.76. The zero-order chi connectivity index (χ0) is 17.0. The number of hydrogen-bond donors (Lipinski definition) is 1. The van der Waals surface area contributed by atoms with E-state index in [1.165, 1.54) is 56.9 Å². The summed E-state index contributed by atoms with van der Waals surface area (Å²) in [7, 11) is 0. The van der Waals surface area contributed by atoms with Crippen LogP contribution in [-0.4, -0.2) is 5.91 Å². The lowest BCUT2D eigenvalue weighted by Crippen LogP contribution is -2.25. The molecule has 132 valence electrons. The number of rotatable bonds is 10. The van der Waals surface area contributed by atoms with E-state index in [9.17, 15) is 4.79 Å². The topological polar surface area (TPSA) is 29.1 Å². The van der Waals surface area contributed by atoms with Gasteiger partial charge in [0.1, 0.15) is 0 Å². The molecule has 1 aromatic rings. The SMILES string of the molecule is CCCCCC(CC(=O)NCc1ccccc1)CC1=CCCCC1. The molecule has 1 aromatic carbocycles. The smallest absolute Gasteiger partial charge is 0.220 e. The Balaban J connectivity index is 1.81. The van der Waals surface area contributed by atoms with Crippen molar-refractivity contribution in [3.63, 3.8) is 0 Å². The second kappa shape index (κ2) is 11.1. The van der Waals surface area contributed by atoms with Crippen LogP contribution in [0.25, 0.3) is 0 Å². The lowest BCUT2D eigenvalue weighted by molar-refractivity contribution is -0.122. The molecule has 2 rings (SSSR count). The van der Waals surface area contributed by atoms with Crippen LogP contribution < -0.4 is 5.32 Å². The maximum atomic E-state index is 12.4. The fourth-order valence-electron chi connectivity index (χ4n) is 3.55. The summed E-state index contributed by atoms with van der Waals surface area (Å²) in [6.45, 7) is 2.88. The molecule has 0 heterocycles. The van der Waals surface area contributed by atoms with Crippen LogP contribution in [0.5, 0.6) is 0 Å². The zero-order valence-corrected chi connectivity index (χ0v) is 15.2. The molecule has 0 fully saturated rings. The van der Waals surface area contributed by atoms with Gasteiger partial charge in [0.05, 0.1) is 0 Å². The molecule has 0 aliphatic heterocycles. The van der Waals surface area contributed by atoms with Crippen LogP contribution in [0.4, 0.5) is 0 Å². The van der Waals surface area contributed by atoms with Crippen LogP contribution in [0, 0.1) is 5.92 Å². The number of allylic oxidation sites excluding steroid dienone is 2. The van der Waals surface area contributed by atoms with Gasteiger partial charge in [0.25, 0.3) is 0 Å². The number of carbonyl (C=O) groups is 1. The van der Waals surface area contributed by atoms with E-state index in [-0.39, 0.29) is 5.91 Å². The Kier molecular flexibility index (Phi) is 8.65. The third-order valence-corrected chi connectivity index (χ3v) is 4.96. The fraction of sp³-hybridized carbons (Fsp3) is 0.591. The Hall–Kier alpha value is -1.57. The first-order valence-electron chi connectivity index (χ1n) is 9.76. The van der Waals surface area contributed by atoms with E-state index in [0.717, 1.165) is 6.42 Å². The van der Waals surface area contributed by atoms with Crippen molar-refractivity contribution in [2.45, 2.75) is 77.7 Å². The molecule has 0 spiro atoms. The van der Waals surface area contributed by atoms with Crippen LogP contribution in [0.2, 0.25) is 0 Å². The van der Waals surface area contributed by atoms with Gasteiger partial charge in [-0.3, -0.25) is 4.79 Å². The Morgan fingerprint density at radius 3 is 2.71 bits per heavy atom. The predicted molar refractivity (Wildman–Crippen MR) is 102 cm³/mol. The molecule has 1 aliphatic carbocycles. The summed E-state index contributed by atoms with van der Waals surface area (Å²) in [4.78, 5) is 12.4. The summed E-state index contributed by atoms with van der Waals surface area (Å²) in [6, 6.07) is 10.2. The first-order chi connectivity index (χ1) is 11.8. The van der Waals surface area contributed by atoms with E-state index >= 15 is 0 Å². The molecule has 0 aromatic heterocycles. The highest BCUT2D eigenvalue weighted by atomic mass is 16.1. The Morgan fingerprint density at radius 2 is 2.00 bits per heavy atom. The first-order valence-corrected chi connectivity index (χ1v) is 9.76. The number of nitrogens with one attached hydrogen (secondary N) is 1. The van der Waals surface area contributed by atoms with Crippen molar-refractivity contribution in [1.82, 2.24) is 5.32 Å². The molecule has 0 radical (unpaired) electrons. The second-order valence-electron chi connectivity index (χ2n) is 7.14. The van der Waals surface area contributed by atoms with Gasteiger partial charge in [-0.1, -0.05) is 68.2 Å². The number of unbranched alkanes of at least 4 members (excludes halogenated alkanes) is 2. The summed E-state index contributed by atoms with van der Waals surface area (Å²) < 4.78 is 0. The van der Waals surface area contributed by atoms with Crippen LogP contribution >= 0.6 is 0 Å². The number of carbonyl (C=O) groups excluding carboxylic acids is 1. The second-order valence-corrected chi connectivity index (χ2v) is 7.14. The monoisotopic (exact) mass is 327 g/mol. The van der Waals surface area contributed by atoms with Crippen molar-refractivity contribution < 1.29 is 4.79 Å². The normalized spacial score (nSPS) is 15.6. The summed E-state index contributed by atoms with van der Waals surface area (Å²) in [5, 5.41) is 3.10. The van der Waals surface area contributed by atoms with Gasteiger partial charge in [0.15, 0.2) is 0 Å². The van der Waals surface area contributed by atoms with Gasteiger partial charge in [-0.15, -0.1) is 0 Å². The molecule has 1 amide bonds. The molecule has 2 heteroatoms. The van der Waals surface area contributed by atoms with Gasteiger partial charge in [0, 0.05) is 13.0 Å². The summed E-state index contributed by atoms with van der Waals surface area (Å²) in [5.41, 5.74) is 2.77. The molecule has 1 aliphatic rings. The van der Waals surface area contributed by atoms with Crippen molar-refractivity contribution in [2.24, 2.45) is 5.92 Å². The Bertz CT molecular complexity index is 506. The molecule has 0 saturated heterocycles. The van der Waals surface area contributed by atoms with Gasteiger partial charge >= 0.3 is 0 Å². The predicted octanol–water partition coefficient (Wildman–Crippen LogP) is 5.78. The molecule has 24 heavy (non-hydrogen) atoms. The van der Waals surface area contributed by atoms with E-state index in [1.807, 2.05) is 18.2 Å². The average Bonchev–Trinajstić information content (AvgIpc) is 2.62. The minimum atomic E-state index is 0.205. The quantitative estimate of drug-likeness (QED) is 0.428. The van der Waals surface area contributed by atoms with Crippen molar-refractivity contribution in [1.29, 1.82) is 0 Å². The molecule has 0 saturated carbocycles. The van der Waals surface area contributed by atoms with Crippen molar-refractivity contribution >= 4 is 5.91 Å². The van der Waals surface area contributed by atoms with E-state index in [2.05, 4.69) is 30.4 Å².